The lowest BCUT2D eigenvalue weighted by molar-refractivity contribution is -0.0739. The van der Waals surface area contributed by atoms with Crippen LogP contribution in [0.1, 0.15) is 56.6 Å². The van der Waals surface area contributed by atoms with Crippen LogP contribution in [0.4, 0.5) is 0 Å². The second-order valence-corrected chi connectivity index (χ2v) is 8.12. The molecule has 3 rings (SSSR count). The normalized spacial score (nSPS) is 13.8. The number of aromatic hydroxyl groups is 1. The van der Waals surface area contributed by atoms with Crippen LogP contribution < -0.4 is 9.47 Å². The molecule has 0 aliphatic heterocycles. The van der Waals surface area contributed by atoms with Crippen molar-refractivity contribution in [1.82, 2.24) is 0 Å². The fourth-order valence-electron chi connectivity index (χ4n) is 3.84. The number of phenols is 1. The van der Waals surface area contributed by atoms with Crippen molar-refractivity contribution >= 4 is 0 Å². The molecule has 4 heteroatoms. The second kappa shape index (κ2) is 12.2. The van der Waals surface area contributed by atoms with Crippen molar-refractivity contribution in [2.45, 2.75) is 51.7 Å². The van der Waals surface area contributed by atoms with Crippen LogP contribution in [0.25, 0.3) is 0 Å². The summed E-state index contributed by atoms with van der Waals surface area (Å²) in [6, 6.07) is 25.6. The van der Waals surface area contributed by atoms with Crippen LogP contribution in [0.15, 0.2) is 78.9 Å². The second-order valence-electron chi connectivity index (χ2n) is 8.12. The van der Waals surface area contributed by atoms with Crippen molar-refractivity contribution in [3.63, 3.8) is 0 Å². The molecule has 3 aromatic carbocycles. The third-order valence-electron chi connectivity index (χ3n) is 5.69. The summed E-state index contributed by atoms with van der Waals surface area (Å²) in [5, 5.41) is 9.54. The fourth-order valence-corrected chi connectivity index (χ4v) is 3.84. The van der Waals surface area contributed by atoms with Crippen LogP contribution in [0, 0.1) is 0 Å². The smallest absolute Gasteiger partial charge is 0.197 e. The molecule has 0 spiro atoms. The van der Waals surface area contributed by atoms with E-state index in [9.17, 15) is 5.11 Å². The standard InChI is InChI=1S/C28H34O4/c1-4-23(25-10-14-26(29)15-11-25)20-21(2)24-12-16-28(17-13-24)32-22(3)30-18-19-31-27-8-6-5-7-9-27/h5-17,21-23,29H,4,18-20H2,1-3H3. The lowest BCUT2D eigenvalue weighted by atomic mass is 9.84. The van der Waals surface area contributed by atoms with Crippen molar-refractivity contribution in [2.24, 2.45) is 0 Å². The van der Waals surface area contributed by atoms with E-state index in [-0.39, 0.29) is 6.29 Å². The van der Waals surface area contributed by atoms with Gasteiger partial charge in [0, 0.05) is 0 Å². The number of para-hydroxylation sites is 1. The molecule has 0 aliphatic rings. The van der Waals surface area contributed by atoms with Crippen LogP contribution in [0.3, 0.4) is 0 Å². The number of rotatable bonds is 12. The predicted molar refractivity (Wildman–Crippen MR) is 129 cm³/mol. The average Bonchev–Trinajstić information content (AvgIpc) is 2.82. The molecule has 3 atom stereocenters. The van der Waals surface area contributed by atoms with Crippen LogP contribution in [0.2, 0.25) is 0 Å². The lowest BCUT2D eigenvalue weighted by Crippen LogP contribution is -2.19. The monoisotopic (exact) mass is 434 g/mol. The topological polar surface area (TPSA) is 47.9 Å². The van der Waals surface area contributed by atoms with Crippen LogP contribution >= 0.6 is 0 Å². The minimum atomic E-state index is -0.350. The molecule has 0 radical (unpaired) electrons. The highest BCUT2D eigenvalue weighted by Gasteiger charge is 2.15. The summed E-state index contributed by atoms with van der Waals surface area (Å²) in [6.45, 7) is 7.31. The first kappa shape index (κ1) is 23.7. The van der Waals surface area contributed by atoms with Gasteiger partial charge in [0.2, 0.25) is 0 Å². The van der Waals surface area contributed by atoms with Gasteiger partial charge in [0.25, 0.3) is 0 Å². The van der Waals surface area contributed by atoms with Gasteiger partial charge >= 0.3 is 0 Å². The summed E-state index contributed by atoms with van der Waals surface area (Å²) in [5.41, 5.74) is 2.57. The highest BCUT2D eigenvalue weighted by Crippen LogP contribution is 2.33. The van der Waals surface area contributed by atoms with Crippen molar-refractivity contribution in [3.05, 3.63) is 90.0 Å². The zero-order chi connectivity index (χ0) is 22.8. The first-order chi connectivity index (χ1) is 15.5. The van der Waals surface area contributed by atoms with Crippen molar-refractivity contribution in [2.75, 3.05) is 13.2 Å². The number of hydrogen-bond donors (Lipinski definition) is 1. The molecular weight excluding hydrogens is 400 g/mol. The zero-order valence-corrected chi connectivity index (χ0v) is 19.2. The summed E-state index contributed by atoms with van der Waals surface area (Å²) < 4.78 is 17.2. The van der Waals surface area contributed by atoms with Gasteiger partial charge in [0.1, 0.15) is 23.9 Å². The SMILES string of the molecule is CCC(CC(C)c1ccc(OC(C)OCCOc2ccccc2)cc1)c1ccc(O)cc1. The molecule has 0 saturated carbocycles. The number of phenolic OH excluding ortho intramolecular Hbond substituents is 1. The summed E-state index contributed by atoms with van der Waals surface area (Å²) in [7, 11) is 0. The van der Waals surface area contributed by atoms with Gasteiger partial charge in [-0.3, -0.25) is 0 Å². The van der Waals surface area contributed by atoms with E-state index in [1.807, 2.05) is 61.5 Å². The quantitative estimate of drug-likeness (QED) is 0.249. The van der Waals surface area contributed by atoms with Gasteiger partial charge in [-0.1, -0.05) is 56.3 Å². The predicted octanol–water partition coefficient (Wildman–Crippen LogP) is 6.90. The Hall–Kier alpha value is -2.98. The highest BCUT2D eigenvalue weighted by atomic mass is 16.7. The molecule has 4 nitrogen and oxygen atoms in total. The maximum absolute atomic E-state index is 9.54. The number of benzene rings is 3. The van der Waals surface area contributed by atoms with Crippen LogP contribution in [0.5, 0.6) is 17.2 Å². The molecule has 3 aromatic rings. The molecular formula is C28H34O4. The third-order valence-corrected chi connectivity index (χ3v) is 5.69. The third kappa shape index (κ3) is 7.31. The molecule has 0 aliphatic carbocycles. The van der Waals surface area contributed by atoms with Crippen molar-refractivity contribution in [1.29, 1.82) is 0 Å². The Labute approximate surface area is 191 Å². The summed E-state index contributed by atoms with van der Waals surface area (Å²) in [5.74, 6) is 2.84. The Morgan fingerprint density at radius 3 is 2.06 bits per heavy atom. The van der Waals surface area contributed by atoms with Gasteiger partial charge in [-0.25, -0.2) is 0 Å². The molecule has 1 N–H and O–H groups in total. The van der Waals surface area contributed by atoms with Gasteiger partial charge in [-0.15, -0.1) is 0 Å². The van der Waals surface area contributed by atoms with Gasteiger partial charge in [0.05, 0.1) is 6.61 Å². The molecule has 3 unspecified atom stereocenters. The minimum absolute atomic E-state index is 0.314. The molecule has 0 saturated heterocycles. The maximum Gasteiger partial charge on any atom is 0.197 e. The van der Waals surface area contributed by atoms with Crippen LogP contribution in [-0.4, -0.2) is 24.6 Å². The van der Waals surface area contributed by atoms with Gasteiger partial charge in [0.15, 0.2) is 6.29 Å². The summed E-state index contributed by atoms with van der Waals surface area (Å²) in [4.78, 5) is 0. The maximum atomic E-state index is 9.54. The molecule has 170 valence electrons. The van der Waals surface area contributed by atoms with Gasteiger partial charge in [-0.05, 0) is 79.1 Å². The van der Waals surface area contributed by atoms with Crippen molar-refractivity contribution in [3.8, 4) is 17.2 Å². The first-order valence-electron chi connectivity index (χ1n) is 11.4. The molecule has 0 fully saturated rings. The Balaban J connectivity index is 1.44. The van der Waals surface area contributed by atoms with E-state index in [4.69, 9.17) is 14.2 Å². The molecule has 32 heavy (non-hydrogen) atoms. The van der Waals surface area contributed by atoms with Crippen LogP contribution in [-0.2, 0) is 4.74 Å². The molecule has 0 bridgehead atoms. The van der Waals surface area contributed by atoms with Gasteiger partial charge < -0.3 is 19.3 Å². The average molecular weight is 435 g/mol. The largest absolute Gasteiger partial charge is 0.508 e. The Morgan fingerprint density at radius 1 is 0.750 bits per heavy atom. The Bertz CT molecular complexity index is 906. The minimum Gasteiger partial charge on any atom is -0.508 e. The Kier molecular flexibility index (Phi) is 9.00. The summed E-state index contributed by atoms with van der Waals surface area (Å²) >= 11 is 0. The number of hydrogen-bond acceptors (Lipinski definition) is 4. The number of ether oxygens (including phenoxy) is 3. The molecule has 0 aromatic heterocycles. The van der Waals surface area contributed by atoms with Crippen molar-refractivity contribution < 1.29 is 19.3 Å². The van der Waals surface area contributed by atoms with E-state index in [2.05, 4.69) is 26.0 Å². The highest BCUT2D eigenvalue weighted by molar-refractivity contribution is 5.31. The first-order valence-corrected chi connectivity index (χ1v) is 11.4. The summed E-state index contributed by atoms with van der Waals surface area (Å²) in [6.07, 6.45) is 1.78. The fraction of sp³-hybridized carbons (Fsp3) is 0.357. The zero-order valence-electron chi connectivity index (χ0n) is 19.2. The lowest BCUT2D eigenvalue weighted by Gasteiger charge is -2.21. The van der Waals surface area contributed by atoms with E-state index in [0.717, 1.165) is 24.3 Å². The van der Waals surface area contributed by atoms with E-state index in [0.29, 0.717) is 30.8 Å². The van der Waals surface area contributed by atoms with E-state index in [1.165, 1.54) is 11.1 Å². The van der Waals surface area contributed by atoms with Gasteiger partial charge in [-0.2, -0.15) is 0 Å². The Morgan fingerprint density at radius 2 is 1.41 bits per heavy atom. The molecule has 0 heterocycles. The molecule has 0 amide bonds. The van der Waals surface area contributed by atoms with E-state index >= 15 is 0 Å². The van der Waals surface area contributed by atoms with E-state index < -0.39 is 0 Å². The van der Waals surface area contributed by atoms with E-state index in [1.54, 1.807) is 12.1 Å².